The van der Waals surface area contributed by atoms with Gasteiger partial charge in [-0.25, -0.2) is 4.85 Å². The third-order valence-corrected chi connectivity index (χ3v) is 6.67. The molecule has 1 aromatic carbocycles. The molecular weight excluding hydrogens is 380 g/mol. The van der Waals surface area contributed by atoms with Crippen LogP contribution in [0.25, 0.3) is 4.85 Å². The summed E-state index contributed by atoms with van der Waals surface area (Å²) >= 11 is 0. The highest BCUT2D eigenvalue weighted by atomic mass is 16.2. The van der Waals surface area contributed by atoms with Crippen molar-refractivity contribution >= 4 is 17.5 Å². The van der Waals surface area contributed by atoms with Gasteiger partial charge in [0.2, 0.25) is 11.8 Å². The predicted molar refractivity (Wildman–Crippen MR) is 110 cm³/mol. The van der Waals surface area contributed by atoms with Crippen molar-refractivity contribution in [1.29, 1.82) is 5.26 Å². The van der Waals surface area contributed by atoms with Crippen molar-refractivity contribution in [3.63, 3.8) is 0 Å². The molecule has 3 aliphatic rings. The lowest BCUT2D eigenvalue weighted by Gasteiger charge is -2.38. The fourth-order valence-corrected chi connectivity index (χ4v) is 5.10. The van der Waals surface area contributed by atoms with E-state index in [2.05, 4.69) is 10.9 Å². The number of benzene rings is 1. The lowest BCUT2D eigenvalue weighted by atomic mass is 10.0. The summed E-state index contributed by atoms with van der Waals surface area (Å²) in [5.41, 5.74) is 7.79. The van der Waals surface area contributed by atoms with Gasteiger partial charge >= 0.3 is 0 Å². The van der Waals surface area contributed by atoms with Crippen LogP contribution in [0, 0.1) is 17.9 Å². The second kappa shape index (κ2) is 8.06. The van der Waals surface area contributed by atoms with Crippen LogP contribution >= 0.6 is 0 Å². The number of likely N-dealkylation sites (tertiary alicyclic amines) is 3. The Morgan fingerprint density at radius 3 is 2.77 bits per heavy atom. The molecular formula is C22H26N6O2. The van der Waals surface area contributed by atoms with Gasteiger partial charge in [0.15, 0.2) is 5.69 Å². The number of carbonyl (C=O) groups is 2. The molecule has 3 heterocycles. The highest BCUT2D eigenvalue weighted by Gasteiger charge is 2.51. The number of carbonyl (C=O) groups excluding carboxylic acids is 2. The molecule has 2 amide bonds. The van der Waals surface area contributed by atoms with Crippen molar-refractivity contribution in [3.8, 4) is 6.07 Å². The number of rotatable bonds is 5. The highest BCUT2D eigenvalue weighted by molar-refractivity contribution is 5.87. The summed E-state index contributed by atoms with van der Waals surface area (Å²) in [6, 6.07) is 8.23. The molecule has 8 nitrogen and oxygen atoms in total. The molecule has 0 saturated carbocycles. The Kier molecular flexibility index (Phi) is 5.46. The van der Waals surface area contributed by atoms with Crippen molar-refractivity contribution in [2.24, 2.45) is 5.73 Å². The molecule has 30 heavy (non-hydrogen) atoms. The van der Waals surface area contributed by atoms with E-state index in [-0.39, 0.29) is 36.0 Å². The maximum Gasteiger partial charge on any atom is 0.241 e. The second-order valence-electron chi connectivity index (χ2n) is 8.41. The van der Waals surface area contributed by atoms with Gasteiger partial charge in [-0.2, -0.15) is 5.26 Å². The van der Waals surface area contributed by atoms with Gasteiger partial charge in [0.1, 0.15) is 6.04 Å². The lowest BCUT2D eigenvalue weighted by molar-refractivity contribution is -0.140. The van der Waals surface area contributed by atoms with Gasteiger partial charge in [-0.15, -0.1) is 0 Å². The smallest absolute Gasteiger partial charge is 0.241 e. The lowest BCUT2D eigenvalue weighted by Crippen LogP contribution is -2.56. The second-order valence-corrected chi connectivity index (χ2v) is 8.41. The average molecular weight is 406 g/mol. The van der Waals surface area contributed by atoms with E-state index in [0.29, 0.717) is 31.7 Å². The molecule has 2 bridgehead atoms. The molecule has 0 aromatic heterocycles. The molecule has 0 aliphatic carbocycles. The Morgan fingerprint density at radius 2 is 2.13 bits per heavy atom. The summed E-state index contributed by atoms with van der Waals surface area (Å²) in [6.45, 7) is 10.7. The molecule has 4 rings (SSSR count). The van der Waals surface area contributed by atoms with Crippen molar-refractivity contribution in [1.82, 2.24) is 14.7 Å². The number of nitrogens with zero attached hydrogens (tertiary/aromatic N) is 5. The van der Waals surface area contributed by atoms with E-state index in [9.17, 15) is 14.9 Å². The fraction of sp³-hybridized carbons (Fsp3) is 0.545. The molecule has 0 radical (unpaired) electrons. The Hall–Kier alpha value is -2.94. The minimum Gasteiger partial charge on any atom is -0.330 e. The van der Waals surface area contributed by atoms with Gasteiger partial charge < -0.3 is 15.5 Å². The monoisotopic (exact) mass is 406 g/mol. The van der Waals surface area contributed by atoms with Crippen LogP contribution in [0.1, 0.15) is 37.8 Å². The van der Waals surface area contributed by atoms with Crippen molar-refractivity contribution in [2.45, 2.75) is 56.4 Å². The Bertz CT molecular complexity index is 917. The number of hydrogen-bond donors (Lipinski definition) is 1. The van der Waals surface area contributed by atoms with Crippen LogP contribution in [-0.2, 0) is 9.59 Å². The Morgan fingerprint density at radius 1 is 1.40 bits per heavy atom. The van der Waals surface area contributed by atoms with Crippen LogP contribution in [0.4, 0.5) is 5.69 Å². The Labute approximate surface area is 176 Å². The Balaban J connectivity index is 1.39. The number of hydrogen-bond acceptors (Lipinski definition) is 5. The number of amides is 2. The zero-order chi connectivity index (χ0) is 21.4. The van der Waals surface area contributed by atoms with E-state index in [1.165, 1.54) is 0 Å². The maximum absolute atomic E-state index is 13.1. The summed E-state index contributed by atoms with van der Waals surface area (Å²) in [6.07, 6.45) is 2.27. The molecule has 3 saturated heterocycles. The summed E-state index contributed by atoms with van der Waals surface area (Å²) in [5.74, 6) is -0.122. The van der Waals surface area contributed by atoms with Gasteiger partial charge in [-0.1, -0.05) is 24.3 Å². The van der Waals surface area contributed by atoms with Crippen molar-refractivity contribution in [2.75, 3.05) is 19.6 Å². The summed E-state index contributed by atoms with van der Waals surface area (Å²) in [7, 11) is 0. The average Bonchev–Trinajstić information content (AvgIpc) is 3.47. The standard InChI is InChI=1S/C22H26N6O2/c1-14(15-5-7-16(25-2)8-6-15)28-18-10-20(22(28)30)26(12-18)13-19(24)21(29)27-9-3-4-17(27)11-23/h5-8,14,17-20H,3-4,9-10,12-13,24H2,1H3/t14-,17-,18?,19-,20-/m0/s1. The van der Waals surface area contributed by atoms with E-state index in [1.807, 2.05) is 28.9 Å². The first kappa shape index (κ1) is 20.3. The summed E-state index contributed by atoms with van der Waals surface area (Å²) < 4.78 is 0. The zero-order valence-corrected chi connectivity index (χ0v) is 17.1. The van der Waals surface area contributed by atoms with E-state index in [0.717, 1.165) is 18.4 Å². The largest absolute Gasteiger partial charge is 0.330 e. The normalized spacial score (nSPS) is 27.7. The van der Waals surface area contributed by atoms with Crippen LogP contribution in [0.2, 0.25) is 0 Å². The topological polar surface area (TPSA) is 98.0 Å². The van der Waals surface area contributed by atoms with Gasteiger partial charge in [0, 0.05) is 25.7 Å². The SMILES string of the molecule is [C-]#[N+]c1ccc([C@H](C)N2C(=O)[C@@H]3CC2CN3C[C@H](N)C(=O)N2CCC[C@H]2C#N)cc1. The molecule has 0 spiro atoms. The highest BCUT2D eigenvalue weighted by Crippen LogP contribution is 2.38. The van der Waals surface area contributed by atoms with Gasteiger partial charge in [0.05, 0.1) is 30.8 Å². The number of nitrogens with two attached hydrogens (primary N) is 1. The first-order valence-electron chi connectivity index (χ1n) is 10.4. The van der Waals surface area contributed by atoms with Crippen LogP contribution in [0.3, 0.4) is 0 Å². The quantitative estimate of drug-likeness (QED) is 0.746. The van der Waals surface area contributed by atoms with Gasteiger partial charge in [-0.3, -0.25) is 14.5 Å². The maximum atomic E-state index is 13.1. The van der Waals surface area contributed by atoms with Crippen molar-refractivity contribution in [3.05, 3.63) is 41.2 Å². The van der Waals surface area contributed by atoms with Crippen LogP contribution < -0.4 is 5.73 Å². The summed E-state index contributed by atoms with van der Waals surface area (Å²) in [4.78, 5) is 34.7. The molecule has 1 aromatic rings. The predicted octanol–water partition coefficient (Wildman–Crippen LogP) is 1.43. The third-order valence-electron chi connectivity index (χ3n) is 6.67. The third kappa shape index (κ3) is 3.43. The van der Waals surface area contributed by atoms with E-state index >= 15 is 0 Å². The molecule has 156 valence electrons. The fourth-order valence-electron chi connectivity index (χ4n) is 5.10. The molecule has 8 heteroatoms. The first-order chi connectivity index (χ1) is 14.4. The summed E-state index contributed by atoms with van der Waals surface area (Å²) in [5, 5.41) is 9.22. The number of fused-ring (bicyclic) bond motifs is 2. The van der Waals surface area contributed by atoms with E-state index < -0.39 is 6.04 Å². The minimum absolute atomic E-state index is 0.0641. The van der Waals surface area contributed by atoms with Gasteiger partial charge in [-0.05, 0) is 31.7 Å². The number of piperazine rings is 1. The number of nitriles is 1. The van der Waals surface area contributed by atoms with E-state index in [1.54, 1.807) is 17.0 Å². The molecule has 3 fully saturated rings. The van der Waals surface area contributed by atoms with Crippen LogP contribution in [0.5, 0.6) is 0 Å². The molecule has 2 N–H and O–H groups in total. The van der Waals surface area contributed by atoms with Gasteiger partial charge in [0.25, 0.3) is 0 Å². The minimum atomic E-state index is -0.724. The van der Waals surface area contributed by atoms with Crippen LogP contribution in [0.15, 0.2) is 24.3 Å². The van der Waals surface area contributed by atoms with Crippen LogP contribution in [-0.4, -0.2) is 70.3 Å². The first-order valence-corrected chi connectivity index (χ1v) is 10.4. The van der Waals surface area contributed by atoms with E-state index in [4.69, 9.17) is 12.3 Å². The zero-order valence-electron chi connectivity index (χ0n) is 17.1. The molecule has 5 atom stereocenters. The molecule has 3 aliphatic heterocycles. The van der Waals surface area contributed by atoms with Crippen molar-refractivity contribution < 1.29 is 9.59 Å². The molecule has 1 unspecified atom stereocenters.